The maximum absolute atomic E-state index is 5.36. The molecule has 2 aromatic heterocycles. The summed E-state index contributed by atoms with van der Waals surface area (Å²) in [4.78, 5) is 10.4. The fourth-order valence-electron chi connectivity index (χ4n) is 7.79. The number of aromatic nitrogens is 2. The second kappa shape index (κ2) is 10.5. The van der Waals surface area contributed by atoms with Gasteiger partial charge in [0, 0.05) is 28.1 Å². The number of hydrogen-bond acceptors (Lipinski definition) is 2. The van der Waals surface area contributed by atoms with Gasteiger partial charge in [-0.2, -0.15) is 0 Å². The SMILES string of the molecule is Cc1ccc2ccc3c(-c4cccc(-c5ccc6c7ccccc7c7ccccc7c6c5)c4)cc(C4CCCCC4)nc3c2n1. The van der Waals surface area contributed by atoms with Crippen LogP contribution in [0.2, 0.25) is 0 Å². The van der Waals surface area contributed by atoms with Crippen molar-refractivity contribution in [2.45, 2.75) is 44.9 Å². The van der Waals surface area contributed by atoms with Crippen LogP contribution in [-0.2, 0) is 0 Å². The summed E-state index contributed by atoms with van der Waals surface area (Å²) in [6, 6.07) is 44.8. The summed E-state index contributed by atoms with van der Waals surface area (Å²) in [6.07, 6.45) is 6.34. The summed E-state index contributed by atoms with van der Waals surface area (Å²) in [5, 5.41) is 10.2. The van der Waals surface area contributed by atoms with Crippen LogP contribution in [0.15, 0.2) is 121 Å². The minimum absolute atomic E-state index is 0.508. The lowest BCUT2D eigenvalue weighted by Gasteiger charge is -2.23. The van der Waals surface area contributed by atoms with Gasteiger partial charge in [0.15, 0.2) is 0 Å². The highest BCUT2D eigenvalue weighted by Gasteiger charge is 2.21. The minimum Gasteiger partial charge on any atom is -0.251 e. The first-order valence-corrected chi connectivity index (χ1v) is 16.4. The van der Waals surface area contributed by atoms with Gasteiger partial charge in [0.05, 0.1) is 11.0 Å². The van der Waals surface area contributed by atoms with Crippen LogP contribution >= 0.6 is 0 Å². The van der Waals surface area contributed by atoms with Crippen molar-refractivity contribution in [3.63, 3.8) is 0 Å². The third-order valence-electron chi connectivity index (χ3n) is 10.1. The van der Waals surface area contributed by atoms with Crippen molar-refractivity contribution in [3.05, 3.63) is 133 Å². The highest BCUT2D eigenvalue weighted by molar-refractivity contribution is 6.25. The van der Waals surface area contributed by atoms with Crippen molar-refractivity contribution >= 4 is 54.1 Å². The van der Waals surface area contributed by atoms with E-state index in [1.807, 2.05) is 0 Å². The largest absolute Gasteiger partial charge is 0.251 e. The summed E-state index contributed by atoms with van der Waals surface area (Å²) in [5.74, 6) is 0.508. The average molecular weight is 579 g/mol. The van der Waals surface area contributed by atoms with Gasteiger partial charge >= 0.3 is 0 Å². The Morgan fingerprint density at radius 1 is 0.467 bits per heavy atom. The molecular weight excluding hydrogens is 544 g/mol. The first-order valence-electron chi connectivity index (χ1n) is 16.4. The smallest absolute Gasteiger partial charge is 0.0974 e. The van der Waals surface area contributed by atoms with E-state index < -0.39 is 0 Å². The van der Waals surface area contributed by atoms with E-state index in [-0.39, 0.29) is 0 Å². The molecule has 1 saturated carbocycles. The Labute approximate surface area is 263 Å². The average Bonchev–Trinajstić information content (AvgIpc) is 3.11. The highest BCUT2D eigenvalue weighted by Crippen LogP contribution is 2.40. The van der Waals surface area contributed by atoms with E-state index in [0.29, 0.717) is 5.92 Å². The molecule has 0 saturated heterocycles. The van der Waals surface area contributed by atoms with E-state index in [0.717, 1.165) is 22.1 Å². The summed E-state index contributed by atoms with van der Waals surface area (Å²) in [6.45, 7) is 2.07. The molecule has 0 unspecified atom stereocenters. The molecule has 9 rings (SSSR count). The van der Waals surface area contributed by atoms with Crippen LogP contribution in [0.25, 0.3) is 76.4 Å². The highest BCUT2D eigenvalue weighted by atomic mass is 14.8. The molecule has 2 heterocycles. The third-order valence-corrected chi connectivity index (χ3v) is 10.1. The van der Waals surface area contributed by atoms with Gasteiger partial charge in [-0.1, -0.05) is 116 Å². The number of fused-ring (bicyclic) bond motifs is 9. The van der Waals surface area contributed by atoms with Crippen molar-refractivity contribution < 1.29 is 0 Å². The zero-order valence-electron chi connectivity index (χ0n) is 25.6. The monoisotopic (exact) mass is 578 g/mol. The van der Waals surface area contributed by atoms with Crippen molar-refractivity contribution in [1.82, 2.24) is 9.97 Å². The normalized spacial score (nSPS) is 14.2. The Morgan fingerprint density at radius 3 is 1.84 bits per heavy atom. The molecule has 45 heavy (non-hydrogen) atoms. The Balaban J connectivity index is 1.25. The lowest BCUT2D eigenvalue weighted by molar-refractivity contribution is 0.437. The lowest BCUT2D eigenvalue weighted by Crippen LogP contribution is -2.07. The number of nitrogens with zero attached hydrogens (tertiary/aromatic N) is 2. The summed E-state index contributed by atoms with van der Waals surface area (Å²) >= 11 is 0. The van der Waals surface area contributed by atoms with Crippen LogP contribution in [0.5, 0.6) is 0 Å². The van der Waals surface area contributed by atoms with E-state index in [1.165, 1.54) is 97.8 Å². The summed E-state index contributed by atoms with van der Waals surface area (Å²) in [5.41, 5.74) is 9.24. The van der Waals surface area contributed by atoms with E-state index in [4.69, 9.17) is 9.97 Å². The van der Waals surface area contributed by atoms with Crippen molar-refractivity contribution in [2.24, 2.45) is 0 Å². The van der Waals surface area contributed by atoms with Crippen LogP contribution in [0.4, 0.5) is 0 Å². The van der Waals surface area contributed by atoms with E-state index in [2.05, 4.69) is 128 Å². The fraction of sp³-hybridized carbons (Fsp3) is 0.163. The Morgan fingerprint density at radius 2 is 1.09 bits per heavy atom. The van der Waals surface area contributed by atoms with Gasteiger partial charge < -0.3 is 0 Å². The zero-order valence-corrected chi connectivity index (χ0v) is 25.6. The number of aryl methyl sites for hydroxylation is 1. The Hall–Kier alpha value is -5.08. The van der Waals surface area contributed by atoms with Crippen LogP contribution in [0.1, 0.15) is 49.4 Å². The number of benzene rings is 6. The standard InChI is InChI=1S/C43H34N2/c1-27-18-19-29-20-23-38-39(26-41(28-10-3-2-4-11-28)45-43(38)42(29)44-27)32-13-9-12-30(24-32)31-21-22-37-35-16-6-5-14-33(35)34-15-7-8-17-36(34)40(37)25-31/h5-9,12-26,28H,2-4,10-11H2,1H3. The Bertz CT molecular complexity index is 2400. The molecule has 2 heteroatoms. The number of rotatable bonds is 3. The van der Waals surface area contributed by atoms with Crippen molar-refractivity contribution in [3.8, 4) is 22.3 Å². The first-order chi connectivity index (χ1) is 22.2. The molecule has 0 spiro atoms. The molecule has 1 fully saturated rings. The predicted molar refractivity (Wildman–Crippen MR) is 191 cm³/mol. The Kier molecular flexibility index (Phi) is 6.16. The van der Waals surface area contributed by atoms with E-state index in [1.54, 1.807) is 0 Å². The molecule has 0 bridgehead atoms. The molecule has 2 nitrogen and oxygen atoms in total. The lowest BCUT2D eigenvalue weighted by atomic mass is 9.85. The molecule has 0 N–H and O–H groups in total. The first kappa shape index (κ1) is 26.3. The van der Waals surface area contributed by atoms with Gasteiger partial charge in [-0.25, -0.2) is 0 Å². The zero-order chi connectivity index (χ0) is 29.9. The van der Waals surface area contributed by atoms with E-state index >= 15 is 0 Å². The molecule has 1 aliphatic carbocycles. The third kappa shape index (κ3) is 4.39. The van der Waals surface area contributed by atoms with E-state index in [9.17, 15) is 0 Å². The number of pyridine rings is 2. The van der Waals surface area contributed by atoms with Crippen LogP contribution < -0.4 is 0 Å². The van der Waals surface area contributed by atoms with Gasteiger partial charge in [-0.3, -0.25) is 9.97 Å². The molecule has 216 valence electrons. The second-order valence-corrected chi connectivity index (χ2v) is 12.8. The molecule has 8 aromatic rings. The minimum atomic E-state index is 0.508. The quantitative estimate of drug-likeness (QED) is 0.195. The van der Waals surface area contributed by atoms with Gasteiger partial charge in [-0.15, -0.1) is 0 Å². The molecule has 6 aromatic carbocycles. The van der Waals surface area contributed by atoms with Crippen molar-refractivity contribution in [1.29, 1.82) is 0 Å². The second-order valence-electron chi connectivity index (χ2n) is 12.8. The topological polar surface area (TPSA) is 25.8 Å². The van der Waals surface area contributed by atoms with Gasteiger partial charge in [0.2, 0.25) is 0 Å². The van der Waals surface area contributed by atoms with Crippen LogP contribution in [-0.4, -0.2) is 9.97 Å². The fourth-order valence-corrected chi connectivity index (χ4v) is 7.79. The van der Waals surface area contributed by atoms with Gasteiger partial charge in [0.25, 0.3) is 0 Å². The molecule has 0 amide bonds. The molecule has 0 atom stereocenters. The summed E-state index contributed by atoms with van der Waals surface area (Å²) in [7, 11) is 0. The molecule has 1 aliphatic rings. The maximum Gasteiger partial charge on any atom is 0.0974 e. The molecule has 0 aliphatic heterocycles. The van der Waals surface area contributed by atoms with Crippen LogP contribution in [0, 0.1) is 6.92 Å². The van der Waals surface area contributed by atoms with Crippen molar-refractivity contribution in [2.75, 3.05) is 0 Å². The van der Waals surface area contributed by atoms with Crippen LogP contribution in [0.3, 0.4) is 0 Å². The van der Waals surface area contributed by atoms with Gasteiger partial charge in [0.1, 0.15) is 0 Å². The summed E-state index contributed by atoms with van der Waals surface area (Å²) < 4.78 is 0. The number of hydrogen-bond donors (Lipinski definition) is 0. The molecule has 0 radical (unpaired) electrons. The maximum atomic E-state index is 5.36. The molecular formula is C43H34N2. The predicted octanol–water partition coefficient (Wildman–Crippen LogP) is 11.9. The van der Waals surface area contributed by atoms with Gasteiger partial charge in [-0.05, 0) is 98.6 Å².